The molecular formula is C17H27NO. The molecule has 0 aromatic heterocycles. The Kier molecular flexibility index (Phi) is 5.87. The standard InChI is InChI=1S/C17H27NO/c1-14(2)13-17(15-7-4-3-5-8-15)18-11-10-16-9-6-12-19-16/h3-5,7-8,14,16-18H,6,9-13H2,1-2H3/t16-,17+/m0/s1. The highest BCUT2D eigenvalue weighted by molar-refractivity contribution is 5.18. The average Bonchev–Trinajstić information content (AvgIpc) is 2.91. The van der Waals surface area contributed by atoms with E-state index in [2.05, 4.69) is 49.5 Å². The molecule has 19 heavy (non-hydrogen) atoms. The summed E-state index contributed by atoms with van der Waals surface area (Å²) in [6.07, 6.45) is 5.29. The van der Waals surface area contributed by atoms with Gasteiger partial charge in [-0.1, -0.05) is 44.2 Å². The topological polar surface area (TPSA) is 21.3 Å². The third-order valence-corrected chi connectivity index (χ3v) is 3.79. The molecule has 1 N–H and O–H groups in total. The fourth-order valence-electron chi connectivity index (χ4n) is 2.78. The van der Waals surface area contributed by atoms with E-state index in [0.717, 1.165) is 19.6 Å². The molecule has 1 fully saturated rings. The lowest BCUT2D eigenvalue weighted by Gasteiger charge is -2.22. The lowest BCUT2D eigenvalue weighted by atomic mass is 9.97. The van der Waals surface area contributed by atoms with E-state index in [1.807, 2.05) is 0 Å². The van der Waals surface area contributed by atoms with E-state index in [0.29, 0.717) is 18.1 Å². The van der Waals surface area contributed by atoms with Gasteiger partial charge in [-0.3, -0.25) is 0 Å². The van der Waals surface area contributed by atoms with Gasteiger partial charge in [-0.2, -0.15) is 0 Å². The first kappa shape index (κ1) is 14.5. The summed E-state index contributed by atoms with van der Waals surface area (Å²) in [5.74, 6) is 0.709. The Morgan fingerprint density at radius 2 is 2.05 bits per heavy atom. The Labute approximate surface area is 117 Å². The van der Waals surface area contributed by atoms with Crippen molar-refractivity contribution in [3.05, 3.63) is 35.9 Å². The Balaban J connectivity index is 1.83. The molecule has 1 aliphatic rings. The minimum absolute atomic E-state index is 0.475. The van der Waals surface area contributed by atoms with Gasteiger partial charge < -0.3 is 10.1 Å². The summed E-state index contributed by atoms with van der Waals surface area (Å²) in [5.41, 5.74) is 1.41. The first-order valence-corrected chi connectivity index (χ1v) is 7.65. The molecule has 0 spiro atoms. The highest BCUT2D eigenvalue weighted by Crippen LogP contribution is 2.21. The highest BCUT2D eigenvalue weighted by atomic mass is 16.5. The zero-order chi connectivity index (χ0) is 13.5. The average molecular weight is 261 g/mol. The first-order chi connectivity index (χ1) is 9.25. The summed E-state index contributed by atoms with van der Waals surface area (Å²) < 4.78 is 5.68. The Hall–Kier alpha value is -0.860. The fourth-order valence-corrected chi connectivity index (χ4v) is 2.78. The van der Waals surface area contributed by atoms with E-state index in [-0.39, 0.29) is 0 Å². The second kappa shape index (κ2) is 7.66. The van der Waals surface area contributed by atoms with Crippen molar-refractivity contribution in [1.29, 1.82) is 0 Å². The second-order valence-corrected chi connectivity index (χ2v) is 5.97. The van der Waals surface area contributed by atoms with Gasteiger partial charge in [0.05, 0.1) is 6.10 Å². The molecule has 1 aromatic rings. The van der Waals surface area contributed by atoms with Gasteiger partial charge in [0, 0.05) is 12.6 Å². The SMILES string of the molecule is CC(C)C[C@@H](NCC[C@@H]1CCCO1)c1ccccc1. The minimum Gasteiger partial charge on any atom is -0.378 e. The van der Waals surface area contributed by atoms with Crippen LogP contribution in [0.25, 0.3) is 0 Å². The van der Waals surface area contributed by atoms with Crippen LogP contribution in [-0.4, -0.2) is 19.3 Å². The highest BCUT2D eigenvalue weighted by Gasteiger charge is 2.17. The van der Waals surface area contributed by atoms with Crippen LogP contribution < -0.4 is 5.32 Å². The molecule has 0 saturated carbocycles. The van der Waals surface area contributed by atoms with Crippen molar-refractivity contribution in [3.63, 3.8) is 0 Å². The molecule has 1 aromatic carbocycles. The molecule has 1 aliphatic heterocycles. The molecule has 106 valence electrons. The lowest BCUT2D eigenvalue weighted by Crippen LogP contribution is -2.26. The van der Waals surface area contributed by atoms with E-state index in [1.165, 1.54) is 24.8 Å². The number of rotatable bonds is 7. The Morgan fingerprint density at radius 3 is 2.68 bits per heavy atom. The lowest BCUT2D eigenvalue weighted by molar-refractivity contribution is 0.103. The van der Waals surface area contributed by atoms with Crippen molar-refractivity contribution in [2.24, 2.45) is 5.92 Å². The predicted octanol–water partition coefficient (Wildman–Crippen LogP) is 3.93. The maximum absolute atomic E-state index is 5.68. The van der Waals surface area contributed by atoms with Crippen LogP contribution in [0.2, 0.25) is 0 Å². The summed E-state index contributed by atoms with van der Waals surface area (Å²) in [4.78, 5) is 0. The van der Waals surface area contributed by atoms with Crippen LogP contribution in [0.1, 0.15) is 51.1 Å². The molecule has 0 amide bonds. The van der Waals surface area contributed by atoms with E-state index in [1.54, 1.807) is 0 Å². The molecule has 2 atom stereocenters. The van der Waals surface area contributed by atoms with Crippen LogP contribution in [0.3, 0.4) is 0 Å². The van der Waals surface area contributed by atoms with E-state index in [9.17, 15) is 0 Å². The molecule has 2 rings (SSSR count). The predicted molar refractivity (Wildman–Crippen MR) is 80.2 cm³/mol. The molecule has 1 saturated heterocycles. The summed E-state index contributed by atoms with van der Waals surface area (Å²) in [6.45, 7) is 6.59. The number of hydrogen-bond acceptors (Lipinski definition) is 2. The largest absolute Gasteiger partial charge is 0.378 e. The van der Waals surface area contributed by atoms with Crippen LogP contribution in [0, 0.1) is 5.92 Å². The molecule has 0 unspecified atom stereocenters. The summed E-state index contributed by atoms with van der Waals surface area (Å²) in [5, 5.41) is 3.71. The number of nitrogens with one attached hydrogen (secondary N) is 1. The molecule has 0 bridgehead atoms. The summed E-state index contributed by atoms with van der Waals surface area (Å²) >= 11 is 0. The van der Waals surface area contributed by atoms with Gasteiger partial charge in [0.1, 0.15) is 0 Å². The van der Waals surface area contributed by atoms with Gasteiger partial charge >= 0.3 is 0 Å². The van der Waals surface area contributed by atoms with E-state index in [4.69, 9.17) is 4.74 Å². The van der Waals surface area contributed by atoms with Crippen LogP contribution in [0.5, 0.6) is 0 Å². The zero-order valence-corrected chi connectivity index (χ0v) is 12.3. The quantitative estimate of drug-likeness (QED) is 0.803. The second-order valence-electron chi connectivity index (χ2n) is 5.97. The number of ether oxygens (including phenoxy) is 1. The van der Waals surface area contributed by atoms with E-state index < -0.39 is 0 Å². The van der Waals surface area contributed by atoms with Gasteiger partial charge in [-0.05, 0) is 43.7 Å². The van der Waals surface area contributed by atoms with Gasteiger partial charge in [0.15, 0.2) is 0 Å². The molecule has 0 radical (unpaired) electrons. The molecule has 1 heterocycles. The number of hydrogen-bond donors (Lipinski definition) is 1. The van der Waals surface area contributed by atoms with Gasteiger partial charge in [-0.25, -0.2) is 0 Å². The maximum Gasteiger partial charge on any atom is 0.0588 e. The smallest absolute Gasteiger partial charge is 0.0588 e. The van der Waals surface area contributed by atoms with Crippen molar-refractivity contribution in [1.82, 2.24) is 5.32 Å². The third-order valence-electron chi connectivity index (χ3n) is 3.79. The monoisotopic (exact) mass is 261 g/mol. The Bertz CT molecular complexity index is 344. The summed E-state index contributed by atoms with van der Waals surface area (Å²) in [7, 11) is 0. The normalized spacial score (nSPS) is 20.9. The van der Waals surface area contributed by atoms with Crippen molar-refractivity contribution in [3.8, 4) is 0 Å². The van der Waals surface area contributed by atoms with Crippen LogP contribution in [0.4, 0.5) is 0 Å². The van der Waals surface area contributed by atoms with E-state index >= 15 is 0 Å². The Morgan fingerprint density at radius 1 is 1.26 bits per heavy atom. The van der Waals surface area contributed by atoms with Crippen LogP contribution in [-0.2, 0) is 4.74 Å². The van der Waals surface area contributed by atoms with Crippen LogP contribution >= 0.6 is 0 Å². The van der Waals surface area contributed by atoms with Crippen molar-refractivity contribution in [2.75, 3.05) is 13.2 Å². The van der Waals surface area contributed by atoms with Gasteiger partial charge in [-0.15, -0.1) is 0 Å². The molecular weight excluding hydrogens is 234 g/mol. The van der Waals surface area contributed by atoms with Crippen molar-refractivity contribution < 1.29 is 4.74 Å². The molecule has 0 aliphatic carbocycles. The van der Waals surface area contributed by atoms with Crippen molar-refractivity contribution >= 4 is 0 Å². The summed E-state index contributed by atoms with van der Waals surface area (Å²) in [6, 6.07) is 11.3. The molecule has 2 nitrogen and oxygen atoms in total. The third kappa shape index (κ3) is 4.96. The van der Waals surface area contributed by atoms with Crippen LogP contribution in [0.15, 0.2) is 30.3 Å². The molecule has 2 heteroatoms. The van der Waals surface area contributed by atoms with Gasteiger partial charge in [0.25, 0.3) is 0 Å². The zero-order valence-electron chi connectivity index (χ0n) is 12.3. The first-order valence-electron chi connectivity index (χ1n) is 7.65. The minimum atomic E-state index is 0.475. The van der Waals surface area contributed by atoms with Crippen molar-refractivity contribution in [2.45, 2.75) is 51.7 Å². The van der Waals surface area contributed by atoms with Gasteiger partial charge in [0.2, 0.25) is 0 Å². The fraction of sp³-hybridized carbons (Fsp3) is 0.647. The number of benzene rings is 1. The maximum atomic E-state index is 5.68.